The molecule has 3 aromatic rings. The number of nitrogen functional groups attached to an aromatic ring is 1. The zero-order valence-corrected chi connectivity index (χ0v) is 12.3. The molecule has 4 nitrogen and oxygen atoms in total. The van der Waals surface area contributed by atoms with E-state index in [4.69, 9.17) is 5.73 Å². The molecule has 0 atom stereocenters. The van der Waals surface area contributed by atoms with Gasteiger partial charge in [0.05, 0.1) is 0 Å². The average molecular weight is 276 g/mol. The number of nitrogens with zero attached hydrogens (tertiary/aromatic N) is 3. The number of nitrogens with two attached hydrogens (primary N) is 1. The van der Waals surface area contributed by atoms with Gasteiger partial charge in [0.2, 0.25) is 5.95 Å². The van der Waals surface area contributed by atoms with Crippen molar-refractivity contribution in [3.05, 3.63) is 58.3 Å². The summed E-state index contributed by atoms with van der Waals surface area (Å²) < 4.78 is 1.66. The number of fused-ring (bicyclic) bond motifs is 1. The molecule has 0 radical (unpaired) electrons. The quantitative estimate of drug-likeness (QED) is 0.642. The van der Waals surface area contributed by atoms with Gasteiger partial charge in [-0.3, -0.25) is 0 Å². The van der Waals surface area contributed by atoms with E-state index in [1.807, 2.05) is 19.2 Å². The molecule has 0 spiro atoms. The monoisotopic (exact) mass is 276 g/mol. The first-order valence-electron chi connectivity index (χ1n) is 6.75. The highest BCUT2D eigenvalue weighted by molar-refractivity contribution is 5.53. The first kappa shape index (κ1) is 13.2. The van der Waals surface area contributed by atoms with Crippen molar-refractivity contribution in [2.24, 2.45) is 0 Å². The Morgan fingerprint density at radius 2 is 1.76 bits per heavy atom. The third kappa shape index (κ3) is 2.59. The van der Waals surface area contributed by atoms with Gasteiger partial charge < -0.3 is 5.73 Å². The highest BCUT2D eigenvalue weighted by atomic mass is 15.3. The summed E-state index contributed by atoms with van der Waals surface area (Å²) in [4.78, 5) is 4.14. The average Bonchev–Trinajstić information content (AvgIpc) is 2.78. The maximum atomic E-state index is 5.61. The predicted molar refractivity (Wildman–Crippen MR) is 84.0 cm³/mol. The standard InChI is InChI=1S/C17H16N4/c1-11-4-5-12(2)14(8-11)6-7-15-10-21-16(9-13(15)3)19-17(18)20-21/h4-5,8-10H,1-3H3,(H2,18,20). The second-order valence-electron chi connectivity index (χ2n) is 5.21. The number of pyridine rings is 1. The first-order chi connectivity index (χ1) is 10.0. The van der Waals surface area contributed by atoms with Crippen LogP contribution in [0.4, 0.5) is 5.95 Å². The summed E-state index contributed by atoms with van der Waals surface area (Å²) in [6.07, 6.45) is 1.87. The van der Waals surface area contributed by atoms with E-state index in [1.165, 1.54) is 11.1 Å². The topological polar surface area (TPSA) is 56.2 Å². The molecular weight excluding hydrogens is 260 g/mol. The second-order valence-corrected chi connectivity index (χ2v) is 5.21. The third-order valence-corrected chi connectivity index (χ3v) is 3.42. The SMILES string of the molecule is Cc1ccc(C)c(C#Cc2cn3nc(N)nc3cc2C)c1. The van der Waals surface area contributed by atoms with Crippen molar-refractivity contribution in [1.29, 1.82) is 0 Å². The molecule has 0 unspecified atom stereocenters. The molecule has 3 rings (SSSR count). The van der Waals surface area contributed by atoms with Crippen LogP contribution in [0, 0.1) is 32.6 Å². The summed E-state index contributed by atoms with van der Waals surface area (Å²) in [6, 6.07) is 8.23. The van der Waals surface area contributed by atoms with Gasteiger partial charge in [0.1, 0.15) is 0 Å². The number of hydrogen-bond donors (Lipinski definition) is 1. The van der Waals surface area contributed by atoms with Gasteiger partial charge in [-0.1, -0.05) is 24.0 Å². The molecule has 0 amide bonds. The summed E-state index contributed by atoms with van der Waals surface area (Å²) in [5, 5.41) is 4.12. The Morgan fingerprint density at radius 3 is 2.57 bits per heavy atom. The van der Waals surface area contributed by atoms with E-state index in [2.05, 4.69) is 54.0 Å². The zero-order valence-electron chi connectivity index (χ0n) is 12.3. The fraction of sp³-hybridized carbons (Fsp3) is 0.176. The van der Waals surface area contributed by atoms with Crippen molar-refractivity contribution >= 4 is 11.6 Å². The van der Waals surface area contributed by atoms with Gasteiger partial charge in [-0.05, 0) is 49.6 Å². The van der Waals surface area contributed by atoms with Crippen molar-refractivity contribution < 1.29 is 0 Å². The lowest BCUT2D eigenvalue weighted by atomic mass is 10.1. The van der Waals surface area contributed by atoms with E-state index in [1.54, 1.807) is 4.52 Å². The van der Waals surface area contributed by atoms with Crippen LogP contribution in [0.2, 0.25) is 0 Å². The third-order valence-electron chi connectivity index (χ3n) is 3.42. The molecule has 0 saturated heterocycles. The van der Waals surface area contributed by atoms with Crippen LogP contribution in [-0.2, 0) is 0 Å². The Kier molecular flexibility index (Phi) is 3.11. The van der Waals surface area contributed by atoms with Crippen LogP contribution in [0.5, 0.6) is 0 Å². The van der Waals surface area contributed by atoms with E-state index in [-0.39, 0.29) is 5.95 Å². The molecule has 0 saturated carbocycles. The maximum absolute atomic E-state index is 5.61. The normalized spacial score (nSPS) is 10.4. The van der Waals surface area contributed by atoms with Gasteiger partial charge in [0.15, 0.2) is 5.65 Å². The van der Waals surface area contributed by atoms with Crippen LogP contribution in [-0.4, -0.2) is 14.6 Å². The van der Waals surface area contributed by atoms with Crippen LogP contribution >= 0.6 is 0 Å². The highest BCUT2D eigenvalue weighted by Gasteiger charge is 2.03. The summed E-state index contributed by atoms with van der Waals surface area (Å²) in [5.74, 6) is 6.73. The molecule has 21 heavy (non-hydrogen) atoms. The molecule has 2 heterocycles. The molecule has 0 fully saturated rings. The Balaban J connectivity index is 2.07. The predicted octanol–water partition coefficient (Wildman–Crippen LogP) is 2.64. The van der Waals surface area contributed by atoms with Gasteiger partial charge in [-0.25, -0.2) is 4.52 Å². The Bertz CT molecular complexity index is 894. The number of hydrogen-bond acceptors (Lipinski definition) is 3. The lowest BCUT2D eigenvalue weighted by molar-refractivity contribution is 0.960. The van der Waals surface area contributed by atoms with Crippen molar-refractivity contribution in [3.8, 4) is 11.8 Å². The number of rotatable bonds is 0. The van der Waals surface area contributed by atoms with Gasteiger partial charge in [0, 0.05) is 17.3 Å². The Hall–Kier alpha value is -2.80. The van der Waals surface area contributed by atoms with Crippen LogP contribution in [0.1, 0.15) is 27.8 Å². The fourth-order valence-corrected chi connectivity index (χ4v) is 2.18. The van der Waals surface area contributed by atoms with Crippen molar-refractivity contribution in [1.82, 2.24) is 14.6 Å². The van der Waals surface area contributed by atoms with E-state index in [0.717, 1.165) is 22.3 Å². The molecule has 104 valence electrons. The maximum Gasteiger partial charge on any atom is 0.240 e. The molecule has 1 aromatic carbocycles. The molecule has 0 aliphatic rings. The van der Waals surface area contributed by atoms with Crippen LogP contribution in [0.15, 0.2) is 30.5 Å². The summed E-state index contributed by atoms with van der Waals surface area (Å²) in [5.41, 5.74) is 11.8. The van der Waals surface area contributed by atoms with Gasteiger partial charge in [-0.15, -0.1) is 5.10 Å². The molecule has 2 N–H and O–H groups in total. The largest absolute Gasteiger partial charge is 0.366 e. The van der Waals surface area contributed by atoms with E-state index in [9.17, 15) is 0 Å². The molecular formula is C17H16N4. The van der Waals surface area contributed by atoms with Gasteiger partial charge in [0.25, 0.3) is 0 Å². The molecule has 0 bridgehead atoms. The number of aryl methyl sites for hydroxylation is 3. The zero-order chi connectivity index (χ0) is 15.0. The minimum Gasteiger partial charge on any atom is -0.366 e. The molecule has 0 aliphatic heterocycles. The van der Waals surface area contributed by atoms with E-state index >= 15 is 0 Å². The summed E-state index contributed by atoms with van der Waals surface area (Å²) >= 11 is 0. The second kappa shape index (κ2) is 4.95. The summed E-state index contributed by atoms with van der Waals surface area (Å²) in [6.45, 7) is 6.15. The fourth-order valence-electron chi connectivity index (χ4n) is 2.18. The lowest BCUT2D eigenvalue weighted by Crippen LogP contribution is -1.93. The number of anilines is 1. The van der Waals surface area contributed by atoms with Crippen molar-refractivity contribution in [3.63, 3.8) is 0 Å². The molecule has 2 aromatic heterocycles. The van der Waals surface area contributed by atoms with E-state index in [0.29, 0.717) is 0 Å². The highest BCUT2D eigenvalue weighted by Crippen LogP contribution is 2.13. The van der Waals surface area contributed by atoms with Gasteiger partial charge in [-0.2, -0.15) is 4.98 Å². The molecule has 0 aliphatic carbocycles. The van der Waals surface area contributed by atoms with Crippen LogP contribution in [0.25, 0.3) is 5.65 Å². The minimum atomic E-state index is 0.272. The van der Waals surface area contributed by atoms with Crippen LogP contribution in [0.3, 0.4) is 0 Å². The van der Waals surface area contributed by atoms with Crippen molar-refractivity contribution in [2.75, 3.05) is 5.73 Å². The number of benzene rings is 1. The van der Waals surface area contributed by atoms with Crippen LogP contribution < -0.4 is 5.73 Å². The first-order valence-corrected chi connectivity index (χ1v) is 6.75. The lowest BCUT2D eigenvalue weighted by Gasteiger charge is -2.01. The van der Waals surface area contributed by atoms with Crippen molar-refractivity contribution in [2.45, 2.75) is 20.8 Å². The van der Waals surface area contributed by atoms with Gasteiger partial charge >= 0.3 is 0 Å². The summed E-state index contributed by atoms with van der Waals surface area (Å²) in [7, 11) is 0. The Morgan fingerprint density at radius 1 is 1.00 bits per heavy atom. The molecule has 4 heteroatoms. The Labute approximate surface area is 123 Å². The number of aromatic nitrogens is 3. The minimum absolute atomic E-state index is 0.272. The smallest absolute Gasteiger partial charge is 0.240 e. The van der Waals surface area contributed by atoms with E-state index < -0.39 is 0 Å².